The van der Waals surface area contributed by atoms with Crippen LogP contribution in [0.5, 0.6) is 0 Å². The molecule has 1 aliphatic rings. The van der Waals surface area contributed by atoms with Crippen molar-refractivity contribution in [3.8, 4) is 0 Å². The molecule has 0 atom stereocenters. The van der Waals surface area contributed by atoms with Crippen LogP contribution < -0.4 is 15.5 Å². The summed E-state index contributed by atoms with van der Waals surface area (Å²) < 4.78 is 0. The zero-order valence-electron chi connectivity index (χ0n) is 12.2. The van der Waals surface area contributed by atoms with E-state index in [1.165, 1.54) is 5.69 Å². The highest BCUT2D eigenvalue weighted by Crippen LogP contribution is 2.28. The van der Waals surface area contributed by atoms with Gasteiger partial charge in [0.2, 0.25) is 0 Å². The SMILES string of the molecule is Cc1cccc(N2CCN(c3ccc(Cl)cc3)CC2)c1N. The second kappa shape index (κ2) is 5.86. The molecule has 3 rings (SSSR count). The lowest BCUT2D eigenvalue weighted by Gasteiger charge is -2.38. The Hall–Kier alpha value is -1.87. The zero-order chi connectivity index (χ0) is 14.8. The number of rotatable bonds is 2. The van der Waals surface area contributed by atoms with E-state index in [0.29, 0.717) is 0 Å². The van der Waals surface area contributed by atoms with E-state index >= 15 is 0 Å². The van der Waals surface area contributed by atoms with E-state index in [1.807, 2.05) is 12.1 Å². The van der Waals surface area contributed by atoms with Crippen LogP contribution in [0, 0.1) is 6.92 Å². The Labute approximate surface area is 130 Å². The van der Waals surface area contributed by atoms with E-state index in [4.69, 9.17) is 17.3 Å². The molecule has 21 heavy (non-hydrogen) atoms. The van der Waals surface area contributed by atoms with Gasteiger partial charge in [0.25, 0.3) is 0 Å². The van der Waals surface area contributed by atoms with Gasteiger partial charge in [-0.05, 0) is 42.8 Å². The fraction of sp³-hybridized carbons (Fsp3) is 0.294. The molecule has 1 heterocycles. The molecule has 1 saturated heterocycles. The third-order valence-electron chi connectivity index (χ3n) is 4.11. The van der Waals surface area contributed by atoms with Gasteiger partial charge in [-0.2, -0.15) is 0 Å². The first kappa shape index (κ1) is 14.1. The van der Waals surface area contributed by atoms with Crippen molar-refractivity contribution in [3.05, 3.63) is 53.1 Å². The van der Waals surface area contributed by atoms with Crippen molar-refractivity contribution in [2.24, 2.45) is 0 Å². The summed E-state index contributed by atoms with van der Waals surface area (Å²) in [7, 11) is 0. The molecule has 2 aromatic rings. The summed E-state index contributed by atoms with van der Waals surface area (Å²) in [5.74, 6) is 0. The molecular formula is C17H20ClN3. The number of hydrogen-bond acceptors (Lipinski definition) is 3. The monoisotopic (exact) mass is 301 g/mol. The summed E-state index contributed by atoms with van der Waals surface area (Å²) in [6.07, 6.45) is 0. The third-order valence-corrected chi connectivity index (χ3v) is 4.37. The number of aryl methyl sites for hydroxylation is 1. The van der Waals surface area contributed by atoms with Crippen LogP contribution in [-0.2, 0) is 0 Å². The molecule has 0 radical (unpaired) electrons. The highest BCUT2D eigenvalue weighted by Gasteiger charge is 2.19. The standard InChI is InChI=1S/C17H20ClN3/c1-13-3-2-4-16(17(13)19)21-11-9-20(10-12-21)15-7-5-14(18)6-8-15/h2-8H,9-12,19H2,1H3. The molecule has 3 nitrogen and oxygen atoms in total. The van der Waals surface area contributed by atoms with Crippen LogP contribution in [0.25, 0.3) is 0 Å². The van der Waals surface area contributed by atoms with Crippen molar-refractivity contribution >= 4 is 28.7 Å². The van der Waals surface area contributed by atoms with Crippen molar-refractivity contribution < 1.29 is 0 Å². The molecule has 0 spiro atoms. The topological polar surface area (TPSA) is 32.5 Å². The number of nitrogens with two attached hydrogens (primary N) is 1. The van der Waals surface area contributed by atoms with E-state index in [1.54, 1.807) is 0 Å². The molecule has 2 N–H and O–H groups in total. The van der Waals surface area contributed by atoms with E-state index < -0.39 is 0 Å². The van der Waals surface area contributed by atoms with E-state index in [2.05, 4.69) is 47.1 Å². The zero-order valence-corrected chi connectivity index (χ0v) is 13.0. The number of para-hydroxylation sites is 1. The number of benzene rings is 2. The second-order valence-corrected chi connectivity index (χ2v) is 5.89. The lowest BCUT2D eigenvalue weighted by molar-refractivity contribution is 0.654. The number of nitrogens with zero attached hydrogens (tertiary/aromatic N) is 2. The first-order valence-electron chi connectivity index (χ1n) is 7.26. The van der Waals surface area contributed by atoms with Crippen molar-refractivity contribution in [2.75, 3.05) is 41.7 Å². The minimum absolute atomic E-state index is 0.782. The normalized spacial score (nSPS) is 15.3. The maximum atomic E-state index is 6.21. The Balaban J connectivity index is 1.70. The Kier molecular flexibility index (Phi) is 3.93. The van der Waals surface area contributed by atoms with Crippen LogP contribution in [0.3, 0.4) is 0 Å². The molecule has 1 fully saturated rings. The molecular weight excluding hydrogens is 282 g/mol. The maximum Gasteiger partial charge on any atom is 0.0603 e. The fourth-order valence-corrected chi connectivity index (χ4v) is 2.92. The Bertz CT molecular complexity index is 616. The second-order valence-electron chi connectivity index (χ2n) is 5.46. The van der Waals surface area contributed by atoms with Crippen molar-refractivity contribution in [3.63, 3.8) is 0 Å². The summed E-state index contributed by atoms with van der Waals surface area (Å²) in [6.45, 7) is 6.01. The largest absolute Gasteiger partial charge is 0.397 e. The molecule has 0 amide bonds. The van der Waals surface area contributed by atoms with Crippen LogP contribution in [0.2, 0.25) is 5.02 Å². The summed E-state index contributed by atoms with van der Waals surface area (Å²) >= 11 is 5.95. The molecule has 4 heteroatoms. The molecule has 0 saturated carbocycles. The summed E-state index contributed by atoms with van der Waals surface area (Å²) in [6, 6.07) is 14.3. The smallest absolute Gasteiger partial charge is 0.0603 e. The summed E-state index contributed by atoms with van der Waals surface area (Å²) in [5.41, 5.74) is 10.6. The van der Waals surface area contributed by atoms with Crippen LogP contribution in [0.15, 0.2) is 42.5 Å². The number of hydrogen-bond donors (Lipinski definition) is 1. The van der Waals surface area contributed by atoms with Crippen molar-refractivity contribution in [1.29, 1.82) is 0 Å². The van der Waals surface area contributed by atoms with Crippen LogP contribution in [-0.4, -0.2) is 26.2 Å². The van der Waals surface area contributed by atoms with Crippen LogP contribution in [0.4, 0.5) is 17.1 Å². The Morgan fingerprint density at radius 1 is 0.905 bits per heavy atom. The van der Waals surface area contributed by atoms with Crippen LogP contribution >= 0.6 is 11.6 Å². The average molecular weight is 302 g/mol. The predicted octanol–water partition coefficient (Wildman–Crippen LogP) is 3.56. The first-order chi connectivity index (χ1) is 10.1. The third kappa shape index (κ3) is 2.93. The van der Waals surface area contributed by atoms with Gasteiger partial charge in [-0.25, -0.2) is 0 Å². The van der Waals surface area contributed by atoms with Gasteiger partial charge in [0, 0.05) is 36.9 Å². The highest BCUT2D eigenvalue weighted by molar-refractivity contribution is 6.30. The Morgan fingerprint density at radius 2 is 1.52 bits per heavy atom. The lowest BCUT2D eigenvalue weighted by atomic mass is 10.1. The van der Waals surface area contributed by atoms with Gasteiger partial charge >= 0.3 is 0 Å². The minimum Gasteiger partial charge on any atom is -0.397 e. The Morgan fingerprint density at radius 3 is 2.19 bits per heavy atom. The van der Waals surface area contributed by atoms with Gasteiger partial charge in [0.15, 0.2) is 0 Å². The summed E-state index contributed by atoms with van der Waals surface area (Å²) in [5, 5.41) is 0.782. The first-order valence-corrected chi connectivity index (χ1v) is 7.63. The van der Waals surface area contributed by atoms with Crippen LogP contribution in [0.1, 0.15) is 5.56 Å². The molecule has 110 valence electrons. The molecule has 2 aromatic carbocycles. The minimum atomic E-state index is 0.782. The molecule has 0 aromatic heterocycles. The van der Waals surface area contributed by atoms with Crippen molar-refractivity contribution in [2.45, 2.75) is 6.92 Å². The number of nitrogen functional groups attached to an aromatic ring is 1. The number of halogens is 1. The number of piperazine rings is 1. The van der Waals surface area contributed by atoms with Gasteiger partial charge in [0.05, 0.1) is 11.4 Å². The average Bonchev–Trinajstić information content (AvgIpc) is 2.51. The molecule has 0 bridgehead atoms. The van der Waals surface area contributed by atoms with Gasteiger partial charge in [-0.3, -0.25) is 0 Å². The van der Waals surface area contributed by atoms with Crippen molar-refractivity contribution in [1.82, 2.24) is 0 Å². The van der Waals surface area contributed by atoms with E-state index in [0.717, 1.165) is 48.1 Å². The van der Waals surface area contributed by atoms with Gasteiger partial charge in [-0.1, -0.05) is 23.7 Å². The van der Waals surface area contributed by atoms with E-state index in [9.17, 15) is 0 Å². The van der Waals surface area contributed by atoms with E-state index in [-0.39, 0.29) is 0 Å². The predicted molar refractivity (Wildman–Crippen MR) is 91.5 cm³/mol. The quantitative estimate of drug-likeness (QED) is 0.861. The fourth-order valence-electron chi connectivity index (χ4n) is 2.80. The van der Waals surface area contributed by atoms with Gasteiger partial charge in [-0.15, -0.1) is 0 Å². The number of anilines is 3. The van der Waals surface area contributed by atoms with Gasteiger partial charge in [0.1, 0.15) is 0 Å². The summed E-state index contributed by atoms with van der Waals surface area (Å²) in [4.78, 5) is 4.76. The highest BCUT2D eigenvalue weighted by atomic mass is 35.5. The molecule has 0 aliphatic carbocycles. The molecule has 0 unspecified atom stereocenters. The lowest BCUT2D eigenvalue weighted by Crippen LogP contribution is -2.46. The maximum absolute atomic E-state index is 6.21. The molecule has 1 aliphatic heterocycles. The van der Waals surface area contributed by atoms with Gasteiger partial charge < -0.3 is 15.5 Å².